The standard InChI is InChI=1S/C12H15N3S/c1-9-5-7-10(8-6-9)3-2-4-11-13-12(16)15-14-11/h5-8H,2-4H2,1H3,(H2,13,14,15,16). The summed E-state index contributed by atoms with van der Waals surface area (Å²) in [7, 11) is 0. The van der Waals surface area contributed by atoms with Crippen LogP contribution >= 0.6 is 12.2 Å². The van der Waals surface area contributed by atoms with Gasteiger partial charge in [0, 0.05) is 6.42 Å². The molecule has 0 unspecified atom stereocenters. The summed E-state index contributed by atoms with van der Waals surface area (Å²) in [6.45, 7) is 2.10. The monoisotopic (exact) mass is 233 g/mol. The molecule has 0 amide bonds. The maximum Gasteiger partial charge on any atom is 0.213 e. The van der Waals surface area contributed by atoms with E-state index in [-0.39, 0.29) is 0 Å². The molecule has 1 aromatic carbocycles. The lowest BCUT2D eigenvalue weighted by atomic mass is 10.1. The molecule has 3 nitrogen and oxygen atoms in total. The topological polar surface area (TPSA) is 44.5 Å². The fraction of sp³-hybridized carbons (Fsp3) is 0.333. The molecule has 4 heteroatoms. The van der Waals surface area contributed by atoms with Gasteiger partial charge in [-0.05, 0) is 37.5 Å². The van der Waals surface area contributed by atoms with Crippen LogP contribution in [0.5, 0.6) is 0 Å². The molecule has 0 bridgehead atoms. The molecule has 0 fully saturated rings. The second-order valence-corrected chi connectivity index (χ2v) is 4.34. The summed E-state index contributed by atoms with van der Waals surface area (Å²) in [6.07, 6.45) is 3.09. The van der Waals surface area contributed by atoms with Crippen molar-refractivity contribution < 1.29 is 0 Å². The highest BCUT2D eigenvalue weighted by Crippen LogP contribution is 2.07. The van der Waals surface area contributed by atoms with E-state index in [9.17, 15) is 0 Å². The highest BCUT2D eigenvalue weighted by Gasteiger charge is 1.97. The quantitative estimate of drug-likeness (QED) is 0.797. The van der Waals surface area contributed by atoms with E-state index in [1.807, 2.05) is 0 Å². The molecule has 1 heterocycles. The Morgan fingerprint density at radius 2 is 1.88 bits per heavy atom. The van der Waals surface area contributed by atoms with E-state index >= 15 is 0 Å². The molecule has 16 heavy (non-hydrogen) atoms. The summed E-state index contributed by atoms with van der Waals surface area (Å²) in [5.41, 5.74) is 2.68. The van der Waals surface area contributed by atoms with Crippen LogP contribution in [0, 0.1) is 11.7 Å². The van der Waals surface area contributed by atoms with Gasteiger partial charge in [0.1, 0.15) is 5.82 Å². The number of benzene rings is 1. The lowest BCUT2D eigenvalue weighted by Gasteiger charge is -2.00. The smallest absolute Gasteiger partial charge is 0.213 e. The Hall–Kier alpha value is -1.42. The molecule has 84 valence electrons. The average molecular weight is 233 g/mol. The van der Waals surface area contributed by atoms with E-state index in [1.54, 1.807) is 0 Å². The van der Waals surface area contributed by atoms with Gasteiger partial charge in [-0.1, -0.05) is 29.8 Å². The Morgan fingerprint density at radius 1 is 1.12 bits per heavy atom. The van der Waals surface area contributed by atoms with Crippen LogP contribution in [0.25, 0.3) is 0 Å². The van der Waals surface area contributed by atoms with Crippen molar-refractivity contribution in [3.63, 3.8) is 0 Å². The average Bonchev–Trinajstić information content (AvgIpc) is 2.67. The lowest BCUT2D eigenvalue weighted by Crippen LogP contribution is -1.92. The first kappa shape index (κ1) is 11.1. The number of aromatic amines is 2. The molecule has 0 atom stereocenters. The fourth-order valence-corrected chi connectivity index (χ4v) is 1.80. The molecule has 0 saturated carbocycles. The van der Waals surface area contributed by atoms with Gasteiger partial charge in [-0.3, -0.25) is 10.2 Å². The van der Waals surface area contributed by atoms with Gasteiger partial charge in [0.25, 0.3) is 0 Å². The third-order valence-electron chi connectivity index (χ3n) is 2.55. The van der Waals surface area contributed by atoms with Crippen molar-refractivity contribution in [2.24, 2.45) is 0 Å². The number of hydrogen-bond donors (Lipinski definition) is 2. The van der Waals surface area contributed by atoms with Gasteiger partial charge in [0.15, 0.2) is 0 Å². The molecule has 0 saturated heterocycles. The molecule has 0 aliphatic carbocycles. The molecular formula is C12H15N3S. The van der Waals surface area contributed by atoms with Gasteiger partial charge in [-0.2, -0.15) is 0 Å². The first-order chi connectivity index (χ1) is 7.74. The Kier molecular flexibility index (Phi) is 3.51. The zero-order valence-electron chi connectivity index (χ0n) is 9.29. The summed E-state index contributed by atoms with van der Waals surface area (Å²) in [4.78, 5) is 4.16. The van der Waals surface area contributed by atoms with Crippen molar-refractivity contribution in [3.8, 4) is 0 Å². The van der Waals surface area contributed by atoms with Gasteiger partial charge < -0.3 is 0 Å². The normalized spacial score (nSPS) is 10.6. The number of hydrogen-bond acceptors (Lipinski definition) is 2. The van der Waals surface area contributed by atoms with E-state index in [0.29, 0.717) is 4.77 Å². The summed E-state index contributed by atoms with van der Waals surface area (Å²) in [5, 5.41) is 5.76. The number of nitrogens with one attached hydrogen (secondary N) is 2. The Bertz CT molecular complexity index is 495. The molecule has 2 N–H and O–H groups in total. The lowest BCUT2D eigenvalue weighted by molar-refractivity contribution is 0.775. The Labute approximate surface area is 99.9 Å². The second kappa shape index (κ2) is 5.07. The van der Waals surface area contributed by atoms with Crippen molar-refractivity contribution in [2.45, 2.75) is 26.2 Å². The van der Waals surface area contributed by atoms with Crippen molar-refractivity contribution in [2.75, 3.05) is 0 Å². The van der Waals surface area contributed by atoms with E-state index in [1.165, 1.54) is 11.1 Å². The van der Waals surface area contributed by atoms with E-state index in [4.69, 9.17) is 12.2 Å². The highest BCUT2D eigenvalue weighted by atomic mass is 32.1. The van der Waals surface area contributed by atoms with E-state index < -0.39 is 0 Å². The van der Waals surface area contributed by atoms with E-state index in [2.05, 4.69) is 46.4 Å². The maximum atomic E-state index is 4.89. The minimum atomic E-state index is 0.533. The SMILES string of the molecule is Cc1ccc(CCCc2nc(=S)[nH][nH]2)cc1. The maximum absolute atomic E-state index is 4.89. The van der Waals surface area contributed by atoms with Crippen molar-refractivity contribution in [3.05, 3.63) is 46.0 Å². The van der Waals surface area contributed by atoms with Crippen LogP contribution in [0.4, 0.5) is 0 Å². The second-order valence-electron chi connectivity index (χ2n) is 3.95. The molecule has 2 aromatic rings. The predicted octanol–water partition coefficient (Wildman–Crippen LogP) is 2.95. The minimum Gasteiger partial charge on any atom is -0.286 e. The van der Waals surface area contributed by atoms with Crippen molar-refractivity contribution in [1.29, 1.82) is 0 Å². The molecule has 0 radical (unpaired) electrons. The van der Waals surface area contributed by atoms with Gasteiger partial charge in [0.05, 0.1) is 0 Å². The first-order valence-electron chi connectivity index (χ1n) is 5.43. The zero-order valence-corrected chi connectivity index (χ0v) is 10.1. The van der Waals surface area contributed by atoms with Crippen LogP contribution in [0.15, 0.2) is 24.3 Å². The summed E-state index contributed by atoms with van der Waals surface area (Å²) < 4.78 is 0.533. The van der Waals surface area contributed by atoms with Crippen LogP contribution in [0.1, 0.15) is 23.4 Å². The van der Waals surface area contributed by atoms with Gasteiger partial charge >= 0.3 is 0 Å². The molecule has 0 aliphatic rings. The van der Waals surface area contributed by atoms with Gasteiger partial charge in [-0.25, -0.2) is 4.98 Å². The molecule has 0 aliphatic heterocycles. The number of H-pyrrole nitrogens is 2. The van der Waals surface area contributed by atoms with E-state index in [0.717, 1.165) is 25.1 Å². The predicted molar refractivity (Wildman–Crippen MR) is 67.0 cm³/mol. The van der Waals surface area contributed by atoms with Crippen LogP contribution in [0.2, 0.25) is 0 Å². The minimum absolute atomic E-state index is 0.533. The van der Waals surface area contributed by atoms with Crippen LogP contribution in [0.3, 0.4) is 0 Å². The zero-order chi connectivity index (χ0) is 11.4. The van der Waals surface area contributed by atoms with Gasteiger partial charge in [-0.15, -0.1) is 0 Å². The van der Waals surface area contributed by atoms with Crippen molar-refractivity contribution >= 4 is 12.2 Å². The van der Waals surface area contributed by atoms with Crippen LogP contribution in [-0.2, 0) is 12.8 Å². The Balaban J connectivity index is 1.84. The number of aryl methyl sites for hydroxylation is 3. The molecule has 2 rings (SSSR count). The first-order valence-corrected chi connectivity index (χ1v) is 5.84. The summed E-state index contributed by atoms with van der Waals surface area (Å²) >= 11 is 4.89. The van der Waals surface area contributed by atoms with Crippen LogP contribution < -0.4 is 0 Å². The molecule has 0 spiro atoms. The van der Waals surface area contributed by atoms with Gasteiger partial charge in [0.2, 0.25) is 4.77 Å². The fourth-order valence-electron chi connectivity index (χ4n) is 1.64. The largest absolute Gasteiger partial charge is 0.286 e. The summed E-state index contributed by atoms with van der Waals surface area (Å²) in [5.74, 6) is 0.942. The number of nitrogens with zero attached hydrogens (tertiary/aromatic N) is 1. The number of rotatable bonds is 4. The summed E-state index contributed by atoms with van der Waals surface area (Å²) in [6, 6.07) is 8.67. The highest BCUT2D eigenvalue weighted by molar-refractivity contribution is 7.71. The molecule has 1 aromatic heterocycles. The Morgan fingerprint density at radius 3 is 2.50 bits per heavy atom. The van der Waals surface area contributed by atoms with Crippen molar-refractivity contribution in [1.82, 2.24) is 15.2 Å². The number of aromatic nitrogens is 3. The third kappa shape index (κ3) is 3.03. The molecular weight excluding hydrogens is 218 g/mol. The van der Waals surface area contributed by atoms with Crippen LogP contribution in [-0.4, -0.2) is 15.2 Å². The third-order valence-corrected chi connectivity index (χ3v) is 2.74.